The van der Waals surface area contributed by atoms with E-state index >= 15 is 0 Å². The van der Waals surface area contributed by atoms with Crippen LogP contribution in [0.4, 0.5) is 8.78 Å². The van der Waals surface area contributed by atoms with Gasteiger partial charge in [-0.15, -0.1) is 0 Å². The molecule has 9 heteroatoms. The number of halogens is 2. The molecule has 0 radical (unpaired) electrons. The van der Waals surface area contributed by atoms with Crippen molar-refractivity contribution in [3.63, 3.8) is 0 Å². The van der Waals surface area contributed by atoms with Gasteiger partial charge in [-0.25, -0.2) is 30.3 Å². The Morgan fingerprint density at radius 3 is 2.60 bits per heavy atom. The summed E-state index contributed by atoms with van der Waals surface area (Å²) in [5.74, 6) is -2.34. The summed E-state index contributed by atoms with van der Waals surface area (Å²) in [4.78, 5) is -0.779. The van der Waals surface area contributed by atoms with Crippen molar-refractivity contribution < 1.29 is 25.6 Å². The van der Waals surface area contributed by atoms with E-state index in [0.717, 1.165) is 12.1 Å². The fourth-order valence-corrected chi connectivity index (χ4v) is 5.09. The van der Waals surface area contributed by atoms with Crippen LogP contribution in [0.1, 0.15) is 6.42 Å². The smallest absolute Gasteiger partial charge is 0.229 e. The van der Waals surface area contributed by atoms with Gasteiger partial charge >= 0.3 is 0 Å². The molecule has 0 amide bonds. The molecule has 0 bridgehead atoms. The third kappa shape index (κ3) is 3.53. The van der Waals surface area contributed by atoms with Crippen molar-refractivity contribution in [1.29, 1.82) is 0 Å². The third-order valence-electron chi connectivity index (χ3n) is 3.07. The molecule has 5 nitrogen and oxygen atoms in total. The van der Waals surface area contributed by atoms with Gasteiger partial charge in [0.25, 0.3) is 0 Å². The van der Waals surface area contributed by atoms with Crippen LogP contribution in [0.2, 0.25) is 0 Å². The van der Waals surface area contributed by atoms with E-state index in [1.54, 1.807) is 0 Å². The van der Waals surface area contributed by atoms with Crippen molar-refractivity contribution in [1.82, 2.24) is 4.72 Å². The maximum Gasteiger partial charge on any atom is 0.243 e. The summed E-state index contributed by atoms with van der Waals surface area (Å²) in [6.07, 6.45) is 0.358. The van der Waals surface area contributed by atoms with E-state index in [1.807, 2.05) is 0 Å². The second kappa shape index (κ2) is 5.38. The minimum Gasteiger partial charge on any atom is -0.229 e. The van der Waals surface area contributed by atoms with Gasteiger partial charge in [0.15, 0.2) is 9.84 Å². The first kappa shape index (κ1) is 15.3. The maximum atomic E-state index is 13.4. The predicted molar refractivity (Wildman–Crippen MR) is 68.3 cm³/mol. The lowest BCUT2D eigenvalue weighted by Crippen LogP contribution is -2.30. The highest BCUT2D eigenvalue weighted by atomic mass is 32.2. The van der Waals surface area contributed by atoms with E-state index in [2.05, 4.69) is 4.72 Å². The molecule has 1 N–H and O–H groups in total. The summed E-state index contributed by atoms with van der Waals surface area (Å²) >= 11 is 0. The third-order valence-corrected chi connectivity index (χ3v) is 6.35. The maximum absolute atomic E-state index is 13.4. The lowest BCUT2D eigenvalue weighted by Gasteiger charge is -2.11. The first-order valence-electron chi connectivity index (χ1n) is 5.85. The van der Waals surface area contributed by atoms with Crippen LogP contribution in [0.3, 0.4) is 0 Å². The summed E-state index contributed by atoms with van der Waals surface area (Å²) in [5.41, 5.74) is 0. The van der Waals surface area contributed by atoms with Crippen molar-refractivity contribution in [2.45, 2.75) is 11.3 Å². The van der Waals surface area contributed by atoms with Crippen LogP contribution in [-0.2, 0) is 19.9 Å². The molecule has 1 aromatic carbocycles. The number of sulfone groups is 1. The Bertz CT molecular complexity index is 716. The summed E-state index contributed by atoms with van der Waals surface area (Å²) < 4.78 is 74.7. The van der Waals surface area contributed by atoms with Gasteiger partial charge in [-0.05, 0) is 30.5 Å². The topological polar surface area (TPSA) is 80.3 Å². The van der Waals surface area contributed by atoms with Gasteiger partial charge in [-0.3, -0.25) is 0 Å². The minimum absolute atomic E-state index is 0.0215. The first-order valence-corrected chi connectivity index (χ1v) is 9.15. The molecule has 1 aliphatic heterocycles. The highest BCUT2D eigenvalue weighted by molar-refractivity contribution is 7.91. The van der Waals surface area contributed by atoms with Gasteiger partial charge < -0.3 is 0 Å². The zero-order chi connectivity index (χ0) is 15.0. The zero-order valence-electron chi connectivity index (χ0n) is 10.3. The van der Waals surface area contributed by atoms with Crippen LogP contribution in [0.15, 0.2) is 23.1 Å². The van der Waals surface area contributed by atoms with Crippen molar-refractivity contribution >= 4 is 19.9 Å². The summed E-state index contributed by atoms with van der Waals surface area (Å²) in [6.45, 7) is -0.114. The molecular weight excluding hydrogens is 312 g/mol. The highest BCUT2D eigenvalue weighted by Gasteiger charge is 2.29. The van der Waals surface area contributed by atoms with Crippen LogP contribution in [0, 0.1) is 17.6 Å². The Morgan fingerprint density at radius 2 is 2.00 bits per heavy atom. The van der Waals surface area contributed by atoms with Crippen LogP contribution >= 0.6 is 0 Å². The molecule has 0 spiro atoms. The molecule has 20 heavy (non-hydrogen) atoms. The standard InChI is InChI=1S/C11H13F2NO4S2/c12-9-1-2-10(13)11(5-9)20(17,18)14-6-8-3-4-19(15,16)7-8/h1-2,5,8,14H,3-4,6-7H2. The first-order chi connectivity index (χ1) is 9.20. The van der Waals surface area contributed by atoms with Crippen LogP contribution in [0.5, 0.6) is 0 Å². The molecular formula is C11H13F2NO4S2. The molecule has 1 fully saturated rings. The molecule has 1 heterocycles. The Kier molecular flexibility index (Phi) is 4.12. The predicted octanol–water partition coefficient (Wildman–Crippen LogP) is 0.678. The summed E-state index contributed by atoms with van der Waals surface area (Å²) in [5, 5.41) is 0. The minimum atomic E-state index is -4.20. The monoisotopic (exact) mass is 325 g/mol. The summed E-state index contributed by atoms with van der Waals surface area (Å²) in [6, 6.07) is 2.13. The SMILES string of the molecule is O=S1(=O)CCC(CNS(=O)(=O)c2cc(F)ccc2F)C1. The highest BCUT2D eigenvalue weighted by Crippen LogP contribution is 2.19. The lowest BCUT2D eigenvalue weighted by molar-refractivity contribution is 0.527. The van der Waals surface area contributed by atoms with E-state index < -0.39 is 36.4 Å². The lowest BCUT2D eigenvalue weighted by atomic mass is 10.1. The van der Waals surface area contributed by atoms with Gasteiger partial charge in [-0.1, -0.05) is 0 Å². The number of nitrogens with one attached hydrogen (secondary N) is 1. The molecule has 1 unspecified atom stereocenters. The molecule has 1 saturated heterocycles. The number of sulfonamides is 1. The van der Waals surface area contributed by atoms with Gasteiger partial charge in [0.1, 0.15) is 16.5 Å². The van der Waals surface area contributed by atoms with Crippen molar-refractivity contribution in [3.8, 4) is 0 Å². The number of benzene rings is 1. The van der Waals surface area contributed by atoms with Crippen LogP contribution in [-0.4, -0.2) is 34.9 Å². The molecule has 0 aromatic heterocycles. The fourth-order valence-electron chi connectivity index (χ4n) is 2.02. The van der Waals surface area contributed by atoms with Gasteiger partial charge in [0, 0.05) is 6.54 Å². The Labute approximate surface area is 116 Å². The molecule has 1 aliphatic rings. The van der Waals surface area contributed by atoms with Crippen LogP contribution < -0.4 is 4.72 Å². The van der Waals surface area contributed by atoms with E-state index in [9.17, 15) is 25.6 Å². The molecule has 112 valence electrons. The molecule has 1 aromatic rings. The average Bonchev–Trinajstić information content (AvgIpc) is 2.70. The van der Waals surface area contributed by atoms with Crippen molar-refractivity contribution in [2.24, 2.45) is 5.92 Å². The largest absolute Gasteiger partial charge is 0.243 e. The molecule has 0 saturated carbocycles. The normalized spacial score (nSPS) is 22.0. The van der Waals surface area contributed by atoms with Crippen molar-refractivity contribution in [2.75, 3.05) is 18.1 Å². The quantitative estimate of drug-likeness (QED) is 0.883. The van der Waals surface area contributed by atoms with Gasteiger partial charge in [0.2, 0.25) is 10.0 Å². The Morgan fingerprint density at radius 1 is 1.30 bits per heavy atom. The number of hydrogen-bond acceptors (Lipinski definition) is 4. The Hall–Kier alpha value is -1.06. The second-order valence-corrected chi connectivity index (χ2v) is 8.66. The van der Waals surface area contributed by atoms with Crippen molar-refractivity contribution in [3.05, 3.63) is 29.8 Å². The van der Waals surface area contributed by atoms with E-state index in [4.69, 9.17) is 0 Å². The fraction of sp³-hybridized carbons (Fsp3) is 0.455. The van der Waals surface area contributed by atoms with Gasteiger partial charge in [0.05, 0.1) is 11.5 Å². The Balaban J connectivity index is 2.10. The molecule has 1 atom stereocenters. The summed E-state index contributed by atoms with van der Waals surface area (Å²) in [7, 11) is -7.31. The van der Waals surface area contributed by atoms with E-state index in [1.165, 1.54) is 0 Å². The van der Waals surface area contributed by atoms with Gasteiger partial charge in [-0.2, -0.15) is 0 Å². The zero-order valence-corrected chi connectivity index (χ0v) is 12.0. The van der Waals surface area contributed by atoms with Crippen LogP contribution in [0.25, 0.3) is 0 Å². The average molecular weight is 325 g/mol. The number of rotatable bonds is 4. The van der Waals surface area contributed by atoms with E-state index in [0.29, 0.717) is 12.5 Å². The molecule has 2 rings (SSSR count). The second-order valence-electron chi connectivity index (χ2n) is 4.70. The van der Waals surface area contributed by atoms with E-state index in [-0.39, 0.29) is 24.0 Å². The molecule has 0 aliphatic carbocycles. The number of hydrogen-bond donors (Lipinski definition) is 1.